The molecular weight excluding hydrogens is 398 g/mol. The number of benzene rings is 1. The topological polar surface area (TPSA) is 100 Å². The van der Waals surface area contributed by atoms with Crippen LogP contribution in [-0.2, 0) is 24.3 Å². The molecule has 0 saturated carbocycles. The van der Waals surface area contributed by atoms with Crippen LogP contribution in [0.15, 0.2) is 47.5 Å². The highest BCUT2D eigenvalue weighted by Crippen LogP contribution is 2.30. The Morgan fingerprint density at radius 2 is 1.97 bits per heavy atom. The van der Waals surface area contributed by atoms with Gasteiger partial charge in [-0.3, -0.25) is 14.3 Å². The number of nitrogens with zero attached hydrogens (tertiary/aromatic N) is 4. The fraction of sp³-hybridized carbons (Fsp3) is 0.364. The maximum absolute atomic E-state index is 12.9. The molecule has 1 aliphatic heterocycles. The second-order valence-corrected chi connectivity index (χ2v) is 7.44. The van der Waals surface area contributed by atoms with Crippen LogP contribution < -0.4 is 20.5 Å². The lowest BCUT2D eigenvalue weighted by Crippen LogP contribution is -2.27. The number of ether oxygens (including phenoxy) is 2. The first-order valence-electron chi connectivity index (χ1n) is 10.2. The van der Waals surface area contributed by atoms with Crippen molar-refractivity contribution in [1.29, 1.82) is 0 Å². The number of carbonyl (C=O) groups is 1. The fourth-order valence-corrected chi connectivity index (χ4v) is 3.79. The molecule has 2 aromatic heterocycles. The molecule has 9 heteroatoms. The number of rotatable bonds is 6. The summed E-state index contributed by atoms with van der Waals surface area (Å²) in [5.41, 5.74) is 1.41. The third-order valence-electron chi connectivity index (χ3n) is 5.54. The Bertz CT molecular complexity index is 1120. The summed E-state index contributed by atoms with van der Waals surface area (Å²) in [5, 5.41) is 7.46. The van der Waals surface area contributed by atoms with Gasteiger partial charge in [-0.15, -0.1) is 0 Å². The molecule has 0 bridgehead atoms. The van der Waals surface area contributed by atoms with Gasteiger partial charge in [0.15, 0.2) is 0 Å². The minimum Gasteiger partial charge on any atom is -0.497 e. The van der Waals surface area contributed by atoms with Crippen LogP contribution in [-0.4, -0.2) is 39.5 Å². The van der Waals surface area contributed by atoms with Crippen molar-refractivity contribution >= 4 is 11.6 Å². The molecule has 3 heterocycles. The van der Waals surface area contributed by atoms with E-state index in [1.165, 1.54) is 4.68 Å². The van der Waals surface area contributed by atoms with Gasteiger partial charge >= 0.3 is 5.69 Å². The van der Waals surface area contributed by atoms with Gasteiger partial charge in [0, 0.05) is 37.3 Å². The van der Waals surface area contributed by atoms with Crippen LogP contribution in [0.25, 0.3) is 0 Å². The standard InChI is InChI=1S/C22H25N5O4/c1-30-17-4-5-18(19(13-17)31-2)24-21(28)16-3-6-20-25-27(22(29)26(20)12-9-16)14-15-7-10-23-11-8-15/h4-5,7-8,10-11,13,16H,3,6,9,12,14H2,1-2H3,(H,24,28). The maximum Gasteiger partial charge on any atom is 0.346 e. The third-order valence-corrected chi connectivity index (χ3v) is 5.54. The number of amides is 1. The number of hydrogen-bond donors (Lipinski definition) is 1. The summed E-state index contributed by atoms with van der Waals surface area (Å²) >= 11 is 0. The Balaban J connectivity index is 1.44. The van der Waals surface area contributed by atoms with Crippen LogP contribution in [0.4, 0.5) is 5.69 Å². The predicted octanol–water partition coefficient (Wildman–Crippen LogP) is 2.10. The van der Waals surface area contributed by atoms with E-state index < -0.39 is 0 Å². The van der Waals surface area contributed by atoms with Crippen LogP contribution in [0.2, 0.25) is 0 Å². The Hall–Kier alpha value is -3.62. The summed E-state index contributed by atoms with van der Waals surface area (Å²) in [4.78, 5) is 29.7. The van der Waals surface area contributed by atoms with E-state index in [-0.39, 0.29) is 17.5 Å². The molecule has 1 unspecified atom stereocenters. The van der Waals surface area contributed by atoms with Gasteiger partial charge in [-0.05, 0) is 42.7 Å². The van der Waals surface area contributed by atoms with E-state index >= 15 is 0 Å². The van der Waals surface area contributed by atoms with E-state index in [1.54, 1.807) is 49.4 Å². The van der Waals surface area contributed by atoms with Gasteiger partial charge in [0.05, 0.1) is 26.5 Å². The number of methoxy groups -OCH3 is 2. The summed E-state index contributed by atoms with van der Waals surface area (Å²) in [6, 6.07) is 8.99. The number of aromatic nitrogens is 4. The van der Waals surface area contributed by atoms with Gasteiger partial charge in [-0.25, -0.2) is 9.48 Å². The normalized spacial score (nSPS) is 15.6. The first kappa shape index (κ1) is 20.6. The molecule has 0 fully saturated rings. The summed E-state index contributed by atoms with van der Waals surface area (Å²) in [7, 11) is 3.12. The largest absolute Gasteiger partial charge is 0.497 e. The van der Waals surface area contributed by atoms with Gasteiger partial charge in [0.25, 0.3) is 0 Å². The van der Waals surface area contributed by atoms with Gasteiger partial charge in [-0.2, -0.15) is 5.10 Å². The lowest BCUT2D eigenvalue weighted by atomic mass is 9.99. The number of nitrogens with one attached hydrogen (secondary N) is 1. The summed E-state index contributed by atoms with van der Waals surface area (Å²) in [6.07, 6.45) is 5.15. The van der Waals surface area contributed by atoms with Gasteiger partial charge < -0.3 is 14.8 Å². The van der Waals surface area contributed by atoms with E-state index in [0.717, 1.165) is 11.4 Å². The average Bonchev–Trinajstić information content (AvgIpc) is 2.96. The molecule has 9 nitrogen and oxygen atoms in total. The average molecular weight is 423 g/mol. The van der Waals surface area contributed by atoms with Crippen molar-refractivity contribution in [2.75, 3.05) is 19.5 Å². The first-order chi connectivity index (χ1) is 15.1. The van der Waals surface area contributed by atoms with E-state index in [9.17, 15) is 9.59 Å². The zero-order chi connectivity index (χ0) is 21.8. The van der Waals surface area contributed by atoms with Crippen LogP contribution >= 0.6 is 0 Å². The highest BCUT2D eigenvalue weighted by molar-refractivity contribution is 5.94. The number of pyridine rings is 1. The summed E-state index contributed by atoms with van der Waals surface area (Å²) in [5.74, 6) is 1.59. The minimum absolute atomic E-state index is 0.0914. The van der Waals surface area contributed by atoms with Gasteiger partial charge in [0.1, 0.15) is 17.3 Å². The lowest BCUT2D eigenvalue weighted by Gasteiger charge is -2.16. The van der Waals surface area contributed by atoms with Crippen LogP contribution in [0.5, 0.6) is 11.5 Å². The molecule has 162 valence electrons. The van der Waals surface area contributed by atoms with E-state index in [0.29, 0.717) is 49.5 Å². The molecule has 1 aliphatic rings. The number of carbonyl (C=O) groups excluding carboxylic acids is 1. The Kier molecular flexibility index (Phi) is 6.01. The van der Waals surface area contributed by atoms with E-state index in [1.807, 2.05) is 12.1 Å². The monoisotopic (exact) mass is 423 g/mol. The zero-order valence-electron chi connectivity index (χ0n) is 17.6. The van der Waals surface area contributed by atoms with Crippen LogP contribution in [0.1, 0.15) is 24.2 Å². The minimum atomic E-state index is -0.221. The van der Waals surface area contributed by atoms with Gasteiger partial charge in [0.2, 0.25) is 5.91 Å². The molecule has 0 saturated heterocycles. The predicted molar refractivity (Wildman–Crippen MR) is 114 cm³/mol. The number of aryl methyl sites for hydroxylation is 1. The fourth-order valence-electron chi connectivity index (χ4n) is 3.79. The second kappa shape index (κ2) is 9.03. The van der Waals surface area contributed by atoms with E-state index in [2.05, 4.69) is 15.4 Å². The first-order valence-corrected chi connectivity index (χ1v) is 10.2. The SMILES string of the molecule is COc1ccc(NC(=O)C2CCc3nn(Cc4ccncc4)c(=O)n3CC2)c(OC)c1. The molecule has 1 atom stereocenters. The Morgan fingerprint density at radius 1 is 1.16 bits per heavy atom. The van der Waals surface area contributed by atoms with Crippen LogP contribution in [0, 0.1) is 5.92 Å². The van der Waals surface area contributed by atoms with Crippen molar-refractivity contribution in [3.63, 3.8) is 0 Å². The molecule has 1 amide bonds. The highest BCUT2D eigenvalue weighted by Gasteiger charge is 2.26. The quantitative estimate of drug-likeness (QED) is 0.652. The summed E-state index contributed by atoms with van der Waals surface area (Å²) in [6.45, 7) is 0.866. The number of fused-ring (bicyclic) bond motifs is 1. The van der Waals surface area contributed by atoms with Crippen molar-refractivity contribution in [2.45, 2.75) is 32.4 Å². The van der Waals surface area contributed by atoms with Crippen molar-refractivity contribution < 1.29 is 14.3 Å². The molecule has 3 aromatic rings. The van der Waals surface area contributed by atoms with Crippen molar-refractivity contribution in [3.05, 3.63) is 64.6 Å². The lowest BCUT2D eigenvalue weighted by molar-refractivity contribution is -0.120. The molecule has 1 N–H and O–H groups in total. The number of hydrogen-bond acceptors (Lipinski definition) is 6. The van der Waals surface area contributed by atoms with Crippen molar-refractivity contribution in [3.8, 4) is 11.5 Å². The van der Waals surface area contributed by atoms with Crippen molar-refractivity contribution in [1.82, 2.24) is 19.3 Å². The molecule has 4 rings (SSSR count). The molecule has 31 heavy (non-hydrogen) atoms. The summed E-state index contributed by atoms with van der Waals surface area (Å²) < 4.78 is 13.7. The third kappa shape index (κ3) is 4.45. The van der Waals surface area contributed by atoms with Gasteiger partial charge in [-0.1, -0.05) is 0 Å². The molecule has 1 aromatic carbocycles. The van der Waals surface area contributed by atoms with Crippen LogP contribution in [0.3, 0.4) is 0 Å². The Labute approximate surface area is 179 Å². The number of anilines is 1. The maximum atomic E-state index is 12.9. The molecular formula is C22H25N5O4. The molecule has 0 spiro atoms. The van der Waals surface area contributed by atoms with Crippen molar-refractivity contribution in [2.24, 2.45) is 5.92 Å². The smallest absolute Gasteiger partial charge is 0.346 e. The zero-order valence-corrected chi connectivity index (χ0v) is 17.6. The molecule has 0 radical (unpaired) electrons. The highest BCUT2D eigenvalue weighted by atomic mass is 16.5. The molecule has 0 aliphatic carbocycles. The second-order valence-electron chi connectivity index (χ2n) is 7.44. The Morgan fingerprint density at radius 3 is 2.71 bits per heavy atom. The van der Waals surface area contributed by atoms with E-state index in [4.69, 9.17) is 9.47 Å².